The molecule has 30 heavy (non-hydrogen) atoms. The van der Waals surface area contributed by atoms with Crippen LogP contribution in [0.25, 0.3) is 11.0 Å². The minimum atomic E-state index is -0.191. The van der Waals surface area contributed by atoms with E-state index < -0.39 is 0 Å². The van der Waals surface area contributed by atoms with Crippen LogP contribution in [0.2, 0.25) is 0 Å². The van der Waals surface area contributed by atoms with Crippen LogP contribution in [-0.2, 0) is 20.1 Å². The Bertz CT molecular complexity index is 1200. The molecule has 0 fully saturated rings. The molecular weight excluding hydrogens is 376 g/mol. The van der Waals surface area contributed by atoms with Crippen molar-refractivity contribution in [1.29, 1.82) is 0 Å². The van der Waals surface area contributed by atoms with Crippen LogP contribution in [0.3, 0.4) is 0 Å². The summed E-state index contributed by atoms with van der Waals surface area (Å²) in [6.45, 7) is 1.04. The van der Waals surface area contributed by atoms with Crippen LogP contribution in [0, 0.1) is 0 Å². The van der Waals surface area contributed by atoms with Gasteiger partial charge >= 0.3 is 0 Å². The molecule has 0 radical (unpaired) electrons. The van der Waals surface area contributed by atoms with E-state index in [0.29, 0.717) is 30.0 Å². The normalized spacial score (nSPS) is 10.9. The summed E-state index contributed by atoms with van der Waals surface area (Å²) in [6.07, 6.45) is 0. The number of fused-ring (bicyclic) bond motifs is 1. The topological polar surface area (TPSA) is 111 Å². The fourth-order valence-electron chi connectivity index (χ4n) is 3.33. The van der Waals surface area contributed by atoms with Gasteiger partial charge in [0, 0.05) is 24.8 Å². The summed E-state index contributed by atoms with van der Waals surface area (Å²) in [5.41, 5.74) is 17.3. The first-order chi connectivity index (χ1) is 14.5. The summed E-state index contributed by atoms with van der Waals surface area (Å²) in [5.74, 6) is 0.664. The molecule has 0 aliphatic rings. The van der Waals surface area contributed by atoms with E-state index in [4.69, 9.17) is 11.5 Å². The third-order valence-corrected chi connectivity index (χ3v) is 5.08. The highest BCUT2D eigenvalue weighted by molar-refractivity contribution is 6.05. The molecule has 152 valence electrons. The molecule has 0 unspecified atom stereocenters. The molecular formula is C23H24N6O. The first-order valence-corrected chi connectivity index (χ1v) is 9.69. The second-order valence-electron chi connectivity index (χ2n) is 7.09. The van der Waals surface area contributed by atoms with Crippen molar-refractivity contribution in [2.45, 2.75) is 13.1 Å². The fraction of sp³-hybridized carbons (Fsp3) is 0.130. The number of nitrogen functional groups attached to an aromatic ring is 1. The minimum Gasteiger partial charge on any atom is -0.397 e. The number of rotatable bonds is 6. The number of aromatic nitrogens is 2. The second kappa shape index (κ2) is 8.26. The largest absolute Gasteiger partial charge is 0.397 e. The quantitative estimate of drug-likeness (QED) is 0.370. The Balaban J connectivity index is 1.40. The van der Waals surface area contributed by atoms with Gasteiger partial charge in [-0.1, -0.05) is 24.3 Å². The van der Waals surface area contributed by atoms with E-state index in [1.54, 1.807) is 24.3 Å². The molecule has 0 saturated heterocycles. The van der Waals surface area contributed by atoms with Gasteiger partial charge in [-0.15, -0.1) is 0 Å². The van der Waals surface area contributed by atoms with E-state index >= 15 is 0 Å². The molecule has 0 saturated carbocycles. The second-order valence-corrected chi connectivity index (χ2v) is 7.09. The average Bonchev–Trinajstić information content (AvgIpc) is 3.09. The number of nitrogens with two attached hydrogens (primary N) is 2. The van der Waals surface area contributed by atoms with E-state index in [0.717, 1.165) is 28.1 Å². The number of hydrogen-bond acceptors (Lipinski definition) is 5. The summed E-state index contributed by atoms with van der Waals surface area (Å²) < 4.78 is 2.01. The Morgan fingerprint density at radius 1 is 1.07 bits per heavy atom. The van der Waals surface area contributed by atoms with Gasteiger partial charge in [-0.05, 0) is 48.0 Å². The number of carbonyl (C=O) groups is 1. The summed E-state index contributed by atoms with van der Waals surface area (Å²) in [7, 11) is 1.97. The molecule has 7 heteroatoms. The fourth-order valence-corrected chi connectivity index (χ4v) is 3.33. The van der Waals surface area contributed by atoms with Gasteiger partial charge in [-0.25, -0.2) is 4.98 Å². The smallest absolute Gasteiger partial charge is 0.255 e. The monoisotopic (exact) mass is 400 g/mol. The Labute approximate surface area is 174 Å². The number of aryl methyl sites for hydroxylation is 1. The zero-order chi connectivity index (χ0) is 21.1. The van der Waals surface area contributed by atoms with Gasteiger partial charge < -0.3 is 26.7 Å². The number of para-hydroxylation sites is 2. The van der Waals surface area contributed by atoms with Crippen molar-refractivity contribution in [1.82, 2.24) is 9.55 Å². The standard InChI is InChI=1S/C23H24N6O/c1-29-21-11-10-17(12-20(21)27-22(29)13-24)26-14-15-6-8-16(9-7-15)23(30)28-19-5-3-2-4-18(19)25/h2-12,26H,13-14,24-25H2,1H3,(H,28,30). The summed E-state index contributed by atoms with van der Waals surface area (Å²) >= 11 is 0. The lowest BCUT2D eigenvalue weighted by Gasteiger charge is -2.09. The molecule has 1 aromatic heterocycles. The molecule has 0 aliphatic carbocycles. The zero-order valence-corrected chi connectivity index (χ0v) is 16.7. The summed E-state index contributed by atoms with van der Waals surface area (Å²) in [6, 6.07) is 20.7. The van der Waals surface area contributed by atoms with Gasteiger partial charge in [0.25, 0.3) is 5.91 Å². The Morgan fingerprint density at radius 2 is 1.83 bits per heavy atom. The van der Waals surface area contributed by atoms with Crippen LogP contribution in [0.15, 0.2) is 66.7 Å². The molecule has 1 amide bonds. The summed E-state index contributed by atoms with van der Waals surface area (Å²) in [4.78, 5) is 17.0. The molecule has 0 atom stereocenters. The maximum Gasteiger partial charge on any atom is 0.255 e. The number of nitrogens with one attached hydrogen (secondary N) is 2. The van der Waals surface area contributed by atoms with Crippen LogP contribution in [-0.4, -0.2) is 15.5 Å². The maximum absolute atomic E-state index is 12.4. The third kappa shape index (κ3) is 3.97. The SMILES string of the molecule is Cn1c(CN)nc2cc(NCc3ccc(C(=O)Nc4ccccc4N)cc3)ccc21. The molecule has 3 aromatic carbocycles. The highest BCUT2D eigenvalue weighted by Gasteiger charge is 2.09. The lowest BCUT2D eigenvalue weighted by Crippen LogP contribution is -2.13. The number of imidazole rings is 1. The molecule has 1 heterocycles. The van der Waals surface area contributed by atoms with Gasteiger partial charge in [0.2, 0.25) is 0 Å². The van der Waals surface area contributed by atoms with Crippen molar-refractivity contribution >= 4 is 34.0 Å². The van der Waals surface area contributed by atoms with Crippen molar-refractivity contribution in [3.63, 3.8) is 0 Å². The van der Waals surface area contributed by atoms with Gasteiger partial charge in [0.15, 0.2) is 0 Å². The van der Waals surface area contributed by atoms with Gasteiger partial charge in [-0.3, -0.25) is 4.79 Å². The predicted molar refractivity (Wildman–Crippen MR) is 121 cm³/mol. The molecule has 4 aromatic rings. The minimum absolute atomic E-state index is 0.191. The lowest BCUT2D eigenvalue weighted by atomic mass is 10.1. The molecule has 4 rings (SSSR count). The zero-order valence-electron chi connectivity index (χ0n) is 16.7. The van der Waals surface area contributed by atoms with Crippen molar-refractivity contribution in [2.75, 3.05) is 16.4 Å². The van der Waals surface area contributed by atoms with E-state index in [2.05, 4.69) is 15.6 Å². The van der Waals surface area contributed by atoms with Crippen LogP contribution in [0.5, 0.6) is 0 Å². The maximum atomic E-state index is 12.4. The van der Waals surface area contributed by atoms with E-state index in [9.17, 15) is 4.79 Å². The summed E-state index contributed by atoms with van der Waals surface area (Å²) in [5, 5.41) is 6.23. The van der Waals surface area contributed by atoms with Crippen LogP contribution in [0.1, 0.15) is 21.7 Å². The number of hydrogen-bond donors (Lipinski definition) is 4. The van der Waals surface area contributed by atoms with Crippen molar-refractivity contribution in [3.05, 3.63) is 83.7 Å². The molecule has 6 N–H and O–H groups in total. The molecule has 0 bridgehead atoms. The Kier molecular flexibility index (Phi) is 5.36. The van der Waals surface area contributed by atoms with Crippen LogP contribution >= 0.6 is 0 Å². The van der Waals surface area contributed by atoms with Crippen molar-refractivity contribution < 1.29 is 4.79 Å². The van der Waals surface area contributed by atoms with E-state index in [-0.39, 0.29) is 5.91 Å². The average molecular weight is 400 g/mol. The highest BCUT2D eigenvalue weighted by Crippen LogP contribution is 2.21. The molecule has 7 nitrogen and oxygen atoms in total. The predicted octanol–water partition coefficient (Wildman–Crippen LogP) is 3.48. The van der Waals surface area contributed by atoms with Crippen LogP contribution < -0.4 is 22.1 Å². The van der Waals surface area contributed by atoms with E-state index in [1.807, 2.05) is 54.1 Å². The van der Waals surface area contributed by atoms with Gasteiger partial charge in [0.05, 0.1) is 29.0 Å². The van der Waals surface area contributed by atoms with Gasteiger partial charge in [-0.2, -0.15) is 0 Å². The first kappa shape index (κ1) is 19.5. The number of benzene rings is 3. The first-order valence-electron chi connectivity index (χ1n) is 9.69. The Morgan fingerprint density at radius 3 is 2.57 bits per heavy atom. The number of amides is 1. The number of nitrogens with zero attached hydrogens (tertiary/aromatic N) is 2. The van der Waals surface area contributed by atoms with Crippen LogP contribution in [0.4, 0.5) is 17.1 Å². The van der Waals surface area contributed by atoms with Gasteiger partial charge in [0.1, 0.15) is 5.82 Å². The number of carbonyl (C=O) groups excluding carboxylic acids is 1. The Hall–Kier alpha value is -3.84. The lowest BCUT2D eigenvalue weighted by molar-refractivity contribution is 0.102. The highest BCUT2D eigenvalue weighted by atomic mass is 16.1. The van der Waals surface area contributed by atoms with Crippen molar-refractivity contribution in [3.8, 4) is 0 Å². The number of anilines is 3. The third-order valence-electron chi connectivity index (χ3n) is 5.08. The molecule has 0 aliphatic heterocycles. The van der Waals surface area contributed by atoms with Crippen molar-refractivity contribution in [2.24, 2.45) is 12.8 Å². The molecule has 0 spiro atoms. The van der Waals surface area contributed by atoms with E-state index in [1.165, 1.54) is 0 Å².